The van der Waals surface area contributed by atoms with Crippen molar-refractivity contribution in [1.29, 1.82) is 0 Å². The second-order valence-corrected chi connectivity index (χ2v) is 7.17. The van der Waals surface area contributed by atoms with Crippen molar-refractivity contribution in [3.63, 3.8) is 0 Å². The lowest BCUT2D eigenvalue weighted by Gasteiger charge is -2.17. The van der Waals surface area contributed by atoms with Crippen LogP contribution in [-0.2, 0) is 11.8 Å². The number of fused-ring (bicyclic) bond motifs is 1. The van der Waals surface area contributed by atoms with E-state index in [1.165, 1.54) is 13.0 Å². The highest BCUT2D eigenvalue weighted by Crippen LogP contribution is 2.34. The van der Waals surface area contributed by atoms with Crippen LogP contribution in [-0.4, -0.2) is 10.5 Å². The molecule has 1 amide bonds. The largest absolute Gasteiger partial charge is 0.325 e. The van der Waals surface area contributed by atoms with Crippen molar-refractivity contribution < 1.29 is 4.79 Å². The summed E-state index contributed by atoms with van der Waals surface area (Å²) < 4.78 is 1.61. The van der Waals surface area contributed by atoms with Gasteiger partial charge in [0.05, 0.1) is 11.2 Å². The maximum Gasteiger partial charge on any atom is 0.252 e. The van der Waals surface area contributed by atoms with Crippen molar-refractivity contribution in [2.24, 2.45) is 7.05 Å². The van der Waals surface area contributed by atoms with Crippen LogP contribution in [0.2, 0.25) is 0 Å². The predicted molar refractivity (Wildman–Crippen MR) is 123 cm³/mol. The van der Waals surface area contributed by atoms with Crippen molar-refractivity contribution in [1.82, 2.24) is 4.57 Å². The second-order valence-electron chi connectivity index (χ2n) is 7.17. The van der Waals surface area contributed by atoms with Gasteiger partial charge in [-0.25, -0.2) is 0 Å². The lowest BCUT2D eigenvalue weighted by molar-refractivity contribution is -0.114. The Morgan fingerprint density at radius 1 is 0.900 bits per heavy atom. The molecule has 0 radical (unpaired) electrons. The summed E-state index contributed by atoms with van der Waals surface area (Å²) in [6.45, 7) is 1.45. The maximum atomic E-state index is 12.5. The van der Waals surface area contributed by atoms with Crippen LogP contribution >= 0.6 is 0 Å². The van der Waals surface area contributed by atoms with Crippen LogP contribution in [0.15, 0.2) is 89.7 Å². The standard InChI is InChI=1S/C26H22N2O2/c1-18(29)27-23-17-25(30)28(2)24-15-9-14-21(26(23)24)22(20-12-7-4-8-13-20)16-19-10-5-3-6-11-19/h3-17H,1-2H3,(H,27,29)/b22-16-. The number of aryl methyl sites for hydroxylation is 1. The molecule has 0 atom stereocenters. The third-order valence-electron chi connectivity index (χ3n) is 5.07. The number of rotatable bonds is 4. The van der Waals surface area contributed by atoms with Gasteiger partial charge in [-0.2, -0.15) is 0 Å². The monoisotopic (exact) mass is 394 g/mol. The first kappa shape index (κ1) is 19.4. The number of amides is 1. The third kappa shape index (κ3) is 3.80. The van der Waals surface area contributed by atoms with E-state index in [0.717, 1.165) is 33.2 Å². The van der Waals surface area contributed by atoms with Gasteiger partial charge in [0.25, 0.3) is 5.56 Å². The zero-order valence-electron chi connectivity index (χ0n) is 16.9. The Bertz CT molecular complexity index is 1300. The molecule has 0 fully saturated rings. The van der Waals surface area contributed by atoms with Gasteiger partial charge in [0.1, 0.15) is 0 Å². The zero-order valence-corrected chi connectivity index (χ0v) is 16.9. The van der Waals surface area contributed by atoms with Crippen LogP contribution < -0.4 is 10.9 Å². The van der Waals surface area contributed by atoms with E-state index in [2.05, 4.69) is 35.7 Å². The van der Waals surface area contributed by atoms with E-state index < -0.39 is 0 Å². The summed E-state index contributed by atoms with van der Waals surface area (Å²) in [5.74, 6) is -0.215. The van der Waals surface area contributed by atoms with Gasteiger partial charge in [-0.3, -0.25) is 9.59 Å². The molecule has 0 unspecified atom stereocenters. The van der Waals surface area contributed by atoms with Crippen LogP contribution in [0.25, 0.3) is 22.6 Å². The molecule has 1 N–H and O–H groups in total. The van der Waals surface area contributed by atoms with Crippen LogP contribution in [0.1, 0.15) is 23.6 Å². The average Bonchev–Trinajstić information content (AvgIpc) is 2.76. The first-order valence-corrected chi connectivity index (χ1v) is 9.77. The van der Waals surface area contributed by atoms with Gasteiger partial charge >= 0.3 is 0 Å². The van der Waals surface area contributed by atoms with Crippen molar-refractivity contribution in [3.8, 4) is 0 Å². The van der Waals surface area contributed by atoms with E-state index in [-0.39, 0.29) is 11.5 Å². The van der Waals surface area contributed by atoms with Gasteiger partial charge < -0.3 is 9.88 Å². The molecule has 4 nitrogen and oxygen atoms in total. The Morgan fingerprint density at radius 2 is 1.57 bits per heavy atom. The lowest BCUT2D eigenvalue weighted by atomic mass is 9.92. The molecular formula is C26H22N2O2. The molecule has 1 heterocycles. The average molecular weight is 394 g/mol. The van der Waals surface area contributed by atoms with Crippen molar-refractivity contribution >= 4 is 34.1 Å². The molecule has 4 aromatic rings. The van der Waals surface area contributed by atoms with Crippen LogP contribution in [0, 0.1) is 0 Å². The molecule has 30 heavy (non-hydrogen) atoms. The number of hydrogen-bond donors (Lipinski definition) is 1. The second kappa shape index (κ2) is 8.21. The predicted octanol–water partition coefficient (Wildman–Crippen LogP) is 5.09. The summed E-state index contributed by atoms with van der Waals surface area (Å²) in [7, 11) is 1.75. The molecule has 4 rings (SSSR count). The Kier molecular flexibility index (Phi) is 5.31. The molecule has 3 aromatic carbocycles. The number of pyridine rings is 1. The Hall–Kier alpha value is -3.92. The topological polar surface area (TPSA) is 51.1 Å². The van der Waals surface area contributed by atoms with Crippen molar-refractivity contribution in [2.45, 2.75) is 6.92 Å². The quantitative estimate of drug-likeness (QED) is 0.491. The number of anilines is 1. The summed E-state index contributed by atoms with van der Waals surface area (Å²) in [6.07, 6.45) is 2.13. The van der Waals surface area contributed by atoms with Crippen LogP contribution in [0.5, 0.6) is 0 Å². The van der Waals surface area contributed by atoms with Crippen molar-refractivity contribution in [3.05, 3.63) is 112 Å². The minimum atomic E-state index is -0.215. The number of aromatic nitrogens is 1. The molecule has 0 aliphatic rings. The molecule has 0 saturated heterocycles. The summed E-state index contributed by atoms with van der Waals surface area (Å²) >= 11 is 0. The van der Waals surface area contributed by atoms with E-state index in [4.69, 9.17) is 0 Å². The van der Waals surface area contributed by atoms with Gasteiger partial charge in [-0.05, 0) is 34.4 Å². The lowest BCUT2D eigenvalue weighted by Crippen LogP contribution is -2.19. The highest BCUT2D eigenvalue weighted by atomic mass is 16.1. The Balaban J connectivity index is 2.08. The first-order chi connectivity index (χ1) is 14.5. The van der Waals surface area contributed by atoms with E-state index in [9.17, 15) is 9.59 Å². The number of benzene rings is 3. The molecule has 0 bridgehead atoms. The number of hydrogen-bond acceptors (Lipinski definition) is 2. The normalized spacial score (nSPS) is 11.5. The van der Waals surface area contributed by atoms with Gasteiger partial charge in [0.15, 0.2) is 0 Å². The minimum absolute atomic E-state index is 0.170. The highest BCUT2D eigenvalue weighted by molar-refractivity contribution is 6.09. The fourth-order valence-corrected chi connectivity index (χ4v) is 3.68. The first-order valence-electron chi connectivity index (χ1n) is 9.77. The minimum Gasteiger partial charge on any atom is -0.325 e. The van der Waals surface area contributed by atoms with Crippen LogP contribution in [0.4, 0.5) is 5.69 Å². The van der Waals surface area contributed by atoms with E-state index in [1.54, 1.807) is 11.6 Å². The molecule has 1 aromatic heterocycles. The Morgan fingerprint density at radius 3 is 2.23 bits per heavy atom. The summed E-state index contributed by atoms with van der Waals surface area (Å²) in [4.78, 5) is 24.3. The van der Waals surface area contributed by atoms with Crippen LogP contribution in [0.3, 0.4) is 0 Å². The molecule has 4 heteroatoms. The molecule has 0 aliphatic carbocycles. The highest BCUT2D eigenvalue weighted by Gasteiger charge is 2.16. The number of nitrogens with zero attached hydrogens (tertiary/aromatic N) is 1. The SMILES string of the molecule is CC(=O)Nc1cc(=O)n(C)c2cccc(/C(=C\c3ccccc3)c3ccccc3)c12. The summed E-state index contributed by atoms with van der Waals surface area (Å²) in [5.41, 5.74) is 5.19. The zero-order chi connectivity index (χ0) is 21.1. The van der Waals surface area contributed by atoms with Gasteiger partial charge in [0.2, 0.25) is 5.91 Å². The van der Waals surface area contributed by atoms with Crippen molar-refractivity contribution in [2.75, 3.05) is 5.32 Å². The van der Waals surface area contributed by atoms with E-state index in [1.807, 2.05) is 54.6 Å². The molecule has 148 valence electrons. The number of carbonyl (C=O) groups excluding carboxylic acids is 1. The number of nitrogens with one attached hydrogen (secondary N) is 1. The molecule has 0 aliphatic heterocycles. The van der Waals surface area contributed by atoms with Gasteiger partial charge in [0, 0.05) is 25.4 Å². The van der Waals surface area contributed by atoms with Gasteiger partial charge in [-0.1, -0.05) is 72.8 Å². The van der Waals surface area contributed by atoms with E-state index >= 15 is 0 Å². The number of carbonyl (C=O) groups is 1. The summed E-state index contributed by atoms with van der Waals surface area (Å²) in [6, 6.07) is 27.6. The molecule has 0 spiro atoms. The fraction of sp³-hybridized carbons (Fsp3) is 0.0769. The molecule has 0 saturated carbocycles. The fourth-order valence-electron chi connectivity index (χ4n) is 3.68. The molecular weight excluding hydrogens is 372 g/mol. The van der Waals surface area contributed by atoms with E-state index in [0.29, 0.717) is 5.69 Å². The Labute approximate surface area is 175 Å². The van der Waals surface area contributed by atoms with Gasteiger partial charge in [-0.15, -0.1) is 0 Å². The summed E-state index contributed by atoms with van der Waals surface area (Å²) in [5, 5.41) is 3.68. The smallest absolute Gasteiger partial charge is 0.252 e. The maximum absolute atomic E-state index is 12.5. The third-order valence-corrected chi connectivity index (χ3v) is 5.07.